The van der Waals surface area contributed by atoms with Gasteiger partial charge in [-0.2, -0.15) is 13.2 Å². The Labute approximate surface area is 166 Å². The third-order valence-electron chi connectivity index (χ3n) is 4.35. The number of rotatable bonds is 5. The summed E-state index contributed by atoms with van der Waals surface area (Å²) in [5.41, 5.74) is -3.53. The minimum absolute atomic E-state index is 0. The van der Waals surface area contributed by atoms with Crippen LogP contribution in [0.3, 0.4) is 0 Å². The van der Waals surface area contributed by atoms with Gasteiger partial charge in [0, 0.05) is 45.6 Å². The molecule has 1 aliphatic heterocycles. The number of nitrogens with zero attached hydrogens (tertiary/aromatic N) is 3. The number of hydrogen-bond donors (Lipinski definition) is 1. The van der Waals surface area contributed by atoms with E-state index in [0.717, 1.165) is 31.0 Å². The van der Waals surface area contributed by atoms with Gasteiger partial charge in [-0.15, -0.1) is 12.4 Å². The van der Waals surface area contributed by atoms with Crippen molar-refractivity contribution in [1.29, 1.82) is 0 Å². The van der Waals surface area contributed by atoms with Gasteiger partial charge in [-0.05, 0) is 29.5 Å². The number of benzene rings is 1. The number of halogens is 4. The standard InChI is InChI=1S/C17H21F3N4OS.ClH/c1-23-7-6-22-16(23)13-10-21-5-8-24(13)11-12-3-4-14(25-2)15(9-12)26-17(18,19)20;/h3-4,6-7,9,13,21H,5,8,10-11H2,1-2H3;1H. The smallest absolute Gasteiger partial charge is 0.446 e. The molecule has 0 aliphatic carbocycles. The van der Waals surface area contributed by atoms with Gasteiger partial charge < -0.3 is 14.6 Å². The molecule has 1 N–H and O–H groups in total. The normalized spacial score (nSPS) is 18.2. The van der Waals surface area contributed by atoms with E-state index in [4.69, 9.17) is 4.74 Å². The highest BCUT2D eigenvalue weighted by Gasteiger charge is 2.31. The van der Waals surface area contributed by atoms with Crippen LogP contribution in [0.5, 0.6) is 5.75 Å². The van der Waals surface area contributed by atoms with Crippen LogP contribution in [0, 0.1) is 0 Å². The van der Waals surface area contributed by atoms with Crippen LogP contribution >= 0.6 is 24.2 Å². The maximum Gasteiger partial charge on any atom is 0.446 e. The Kier molecular flexibility index (Phi) is 7.44. The van der Waals surface area contributed by atoms with E-state index in [1.807, 2.05) is 23.9 Å². The number of hydrogen-bond acceptors (Lipinski definition) is 5. The zero-order valence-electron chi connectivity index (χ0n) is 15.0. The molecule has 2 aromatic rings. The quantitative estimate of drug-likeness (QED) is 0.745. The Hall–Kier alpha value is -1.42. The number of alkyl halides is 3. The molecule has 0 amide bonds. The first-order chi connectivity index (χ1) is 12.4. The van der Waals surface area contributed by atoms with Gasteiger partial charge >= 0.3 is 5.51 Å². The highest BCUT2D eigenvalue weighted by atomic mass is 35.5. The second-order valence-electron chi connectivity index (χ2n) is 6.12. The van der Waals surface area contributed by atoms with Crippen LogP contribution in [-0.4, -0.2) is 46.7 Å². The summed E-state index contributed by atoms with van der Waals surface area (Å²) < 4.78 is 45.5. The number of piperazine rings is 1. The van der Waals surface area contributed by atoms with E-state index < -0.39 is 5.51 Å². The van der Waals surface area contributed by atoms with Crippen molar-refractivity contribution in [3.05, 3.63) is 42.0 Å². The first-order valence-electron chi connectivity index (χ1n) is 8.22. The van der Waals surface area contributed by atoms with Crippen LogP contribution in [-0.2, 0) is 13.6 Å². The van der Waals surface area contributed by atoms with Gasteiger partial charge in [0.2, 0.25) is 0 Å². The summed E-state index contributed by atoms with van der Waals surface area (Å²) in [4.78, 5) is 6.76. The van der Waals surface area contributed by atoms with Gasteiger partial charge in [0.05, 0.1) is 18.0 Å². The van der Waals surface area contributed by atoms with Gasteiger partial charge in [-0.1, -0.05) is 6.07 Å². The molecule has 0 bridgehead atoms. The van der Waals surface area contributed by atoms with Gasteiger partial charge in [0.25, 0.3) is 0 Å². The second kappa shape index (κ2) is 9.18. The molecule has 0 saturated carbocycles. The highest BCUT2D eigenvalue weighted by molar-refractivity contribution is 8.00. The number of aromatic nitrogens is 2. The van der Waals surface area contributed by atoms with E-state index in [-0.39, 0.29) is 40.9 Å². The van der Waals surface area contributed by atoms with Crippen molar-refractivity contribution in [1.82, 2.24) is 19.8 Å². The van der Waals surface area contributed by atoms with Gasteiger partial charge in [-0.3, -0.25) is 4.90 Å². The maximum atomic E-state index is 12.8. The second-order valence-corrected chi connectivity index (χ2v) is 7.23. The van der Waals surface area contributed by atoms with E-state index in [9.17, 15) is 13.2 Å². The van der Waals surface area contributed by atoms with Crippen molar-refractivity contribution in [3.63, 3.8) is 0 Å². The Balaban J connectivity index is 0.00000261. The molecule has 10 heteroatoms. The molecule has 27 heavy (non-hydrogen) atoms. The lowest BCUT2D eigenvalue weighted by molar-refractivity contribution is -0.0328. The molecule has 0 radical (unpaired) electrons. The molecule has 150 valence electrons. The number of imidazole rings is 1. The summed E-state index contributed by atoms with van der Waals surface area (Å²) in [6.45, 7) is 2.94. The van der Waals surface area contributed by atoms with E-state index in [2.05, 4.69) is 15.2 Å². The van der Waals surface area contributed by atoms with Crippen LogP contribution in [0.2, 0.25) is 0 Å². The summed E-state index contributed by atoms with van der Waals surface area (Å²) in [5.74, 6) is 1.17. The predicted molar refractivity (Wildman–Crippen MR) is 101 cm³/mol. The van der Waals surface area contributed by atoms with Gasteiger partial charge in [-0.25, -0.2) is 4.98 Å². The Morgan fingerprint density at radius 1 is 1.37 bits per heavy atom. The molecule has 0 spiro atoms. The fourth-order valence-corrected chi connectivity index (χ4v) is 3.86. The van der Waals surface area contributed by atoms with Crippen LogP contribution in [0.1, 0.15) is 17.4 Å². The van der Waals surface area contributed by atoms with Crippen molar-refractivity contribution < 1.29 is 17.9 Å². The summed E-state index contributed by atoms with van der Waals surface area (Å²) in [7, 11) is 3.32. The molecule has 3 rings (SSSR count). The molecular formula is C17H22ClF3N4OS. The van der Waals surface area contributed by atoms with Crippen LogP contribution in [0.25, 0.3) is 0 Å². The molecule has 1 unspecified atom stereocenters. The van der Waals surface area contributed by atoms with Crippen molar-refractivity contribution in [2.24, 2.45) is 7.05 Å². The highest BCUT2D eigenvalue weighted by Crippen LogP contribution is 2.42. The molecule has 1 aromatic heterocycles. The summed E-state index contributed by atoms with van der Waals surface area (Å²) in [6.07, 6.45) is 3.65. The average molecular weight is 423 g/mol. The fourth-order valence-electron chi connectivity index (χ4n) is 3.15. The third-order valence-corrected chi connectivity index (χ3v) is 5.12. The third kappa shape index (κ3) is 5.54. The molecule has 2 heterocycles. The van der Waals surface area contributed by atoms with Crippen molar-refractivity contribution in [3.8, 4) is 5.75 Å². The summed E-state index contributed by atoms with van der Waals surface area (Å²) >= 11 is -0.143. The van der Waals surface area contributed by atoms with Crippen molar-refractivity contribution >= 4 is 24.2 Å². The molecule has 1 fully saturated rings. The first-order valence-corrected chi connectivity index (χ1v) is 9.03. The lowest BCUT2D eigenvalue weighted by Gasteiger charge is -2.35. The SMILES string of the molecule is COc1ccc(CN2CCNCC2c2nccn2C)cc1SC(F)(F)F.Cl. The topological polar surface area (TPSA) is 42.3 Å². The van der Waals surface area contributed by atoms with Crippen LogP contribution in [0.15, 0.2) is 35.5 Å². The molecule has 1 aromatic carbocycles. The number of ether oxygens (including phenoxy) is 1. The zero-order chi connectivity index (χ0) is 18.7. The van der Waals surface area contributed by atoms with E-state index in [1.165, 1.54) is 7.11 Å². The van der Waals surface area contributed by atoms with E-state index in [1.54, 1.807) is 18.3 Å². The number of thioether (sulfide) groups is 1. The Morgan fingerprint density at radius 3 is 2.78 bits per heavy atom. The average Bonchev–Trinajstić information content (AvgIpc) is 3.00. The van der Waals surface area contributed by atoms with Crippen LogP contribution in [0.4, 0.5) is 13.2 Å². The minimum atomic E-state index is -4.35. The molecule has 1 aliphatic rings. The number of aryl methyl sites for hydroxylation is 1. The van der Waals surface area contributed by atoms with E-state index >= 15 is 0 Å². The monoisotopic (exact) mass is 422 g/mol. The minimum Gasteiger partial charge on any atom is -0.496 e. The van der Waals surface area contributed by atoms with Gasteiger partial charge in [0.15, 0.2) is 0 Å². The van der Waals surface area contributed by atoms with E-state index in [0.29, 0.717) is 6.54 Å². The maximum absolute atomic E-state index is 12.8. The summed E-state index contributed by atoms with van der Waals surface area (Å²) in [5, 5.41) is 3.36. The number of methoxy groups -OCH3 is 1. The predicted octanol–water partition coefficient (Wildman–Crippen LogP) is 3.61. The molecule has 1 saturated heterocycles. The van der Waals surface area contributed by atoms with Crippen LogP contribution < -0.4 is 10.1 Å². The summed E-state index contributed by atoms with van der Waals surface area (Å²) in [6, 6.07) is 5.05. The first kappa shape index (κ1) is 21.9. The fraction of sp³-hybridized carbons (Fsp3) is 0.471. The zero-order valence-corrected chi connectivity index (χ0v) is 16.6. The molecular weight excluding hydrogens is 401 g/mol. The molecule has 5 nitrogen and oxygen atoms in total. The Morgan fingerprint density at radius 2 is 2.15 bits per heavy atom. The molecule has 1 atom stereocenters. The van der Waals surface area contributed by atoms with Crippen molar-refractivity contribution in [2.45, 2.75) is 23.0 Å². The Bertz CT molecular complexity index is 756. The number of nitrogens with one attached hydrogen (secondary N) is 1. The lowest BCUT2D eigenvalue weighted by Crippen LogP contribution is -2.46. The van der Waals surface area contributed by atoms with Gasteiger partial charge in [0.1, 0.15) is 11.6 Å². The largest absolute Gasteiger partial charge is 0.496 e. The lowest BCUT2D eigenvalue weighted by atomic mass is 10.1. The van der Waals surface area contributed by atoms with Crippen molar-refractivity contribution in [2.75, 3.05) is 26.7 Å².